The fourth-order valence-corrected chi connectivity index (χ4v) is 1.84. The number of nitrogens with zero attached hydrogens (tertiary/aromatic N) is 2. The van der Waals surface area contributed by atoms with Gasteiger partial charge in [0.05, 0.1) is 6.61 Å². The fourth-order valence-electron chi connectivity index (χ4n) is 1.03. The van der Waals surface area contributed by atoms with Gasteiger partial charge in [-0.3, -0.25) is 19.4 Å². The van der Waals surface area contributed by atoms with E-state index >= 15 is 0 Å². The maximum Gasteiger partial charge on any atom is 0.339 e. The van der Waals surface area contributed by atoms with E-state index in [9.17, 15) is 14.4 Å². The lowest BCUT2D eigenvalue weighted by molar-refractivity contribution is -0.138. The molecule has 0 saturated heterocycles. The number of esters is 1. The third-order valence-electron chi connectivity index (χ3n) is 1.89. The first kappa shape index (κ1) is 14.2. The summed E-state index contributed by atoms with van der Waals surface area (Å²) in [6.45, 7) is 5.55. The smallest absolute Gasteiger partial charge is 0.339 e. The van der Waals surface area contributed by atoms with Crippen LogP contribution in [0.4, 0.5) is 0 Å². The Balaban J connectivity index is 2.73. The number of aromatic nitrogens is 3. The molecule has 0 aliphatic rings. The lowest BCUT2D eigenvalue weighted by Crippen LogP contribution is -2.33. The molecule has 0 aliphatic carbocycles. The monoisotopic (exact) mass is 271 g/mol. The molecule has 8 heteroatoms. The predicted octanol–water partition coefficient (Wildman–Crippen LogP) is -0.320. The van der Waals surface area contributed by atoms with Gasteiger partial charge in [0.25, 0.3) is 0 Å². The van der Waals surface area contributed by atoms with E-state index in [0.29, 0.717) is 5.16 Å². The van der Waals surface area contributed by atoms with Gasteiger partial charge in [0, 0.05) is 18.4 Å². The molecule has 7 nitrogen and oxygen atoms in total. The van der Waals surface area contributed by atoms with Crippen molar-refractivity contribution in [2.45, 2.75) is 12.1 Å². The van der Waals surface area contributed by atoms with Crippen molar-refractivity contribution in [3.8, 4) is 0 Å². The van der Waals surface area contributed by atoms with Crippen molar-refractivity contribution in [2.75, 3.05) is 12.4 Å². The van der Waals surface area contributed by atoms with Crippen LogP contribution in [-0.2, 0) is 16.6 Å². The van der Waals surface area contributed by atoms with Crippen LogP contribution in [0.3, 0.4) is 0 Å². The van der Waals surface area contributed by atoms with Crippen molar-refractivity contribution in [1.82, 2.24) is 14.8 Å². The van der Waals surface area contributed by atoms with E-state index in [0.717, 1.165) is 11.8 Å². The van der Waals surface area contributed by atoms with E-state index in [1.807, 2.05) is 0 Å². The first-order chi connectivity index (χ1) is 8.45. The van der Waals surface area contributed by atoms with Crippen molar-refractivity contribution in [2.24, 2.45) is 7.05 Å². The lowest BCUT2D eigenvalue weighted by Gasteiger charge is -2.07. The summed E-state index contributed by atoms with van der Waals surface area (Å²) in [5.74, 6) is -0.259. The summed E-state index contributed by atoms with van der Waals surface area (Å²) in [5.41, 5.74) is -1.38. The van der Waals surface area contributed by atoms with E-state index in [-0.39, 0.29) is 17.9 Å². The Labute approximate surface area is 107 Å². The van der Waals surface area contributed by atoms with Gasteiger partial charge in [0.15, 0.2) is 5.16 Å². The fraction of sp³-hybridized carbons (Fsp3) is 0.400. The zero-order valence-corrected chi connectivity index (χ0v) is 10.9. The van der Waals surface area contributed by atoms with Gasteiger partial charge in [-0.15, -0.1) is 0 Å². The van der Waals surface area contributed by atoms with Crippen LogP contribution >= 0.6 is 11.8 Å². The van der Waals surface area contributed by atoms with Crippen LogP contribution < -0.4 is 11.1 Å². The molecule has 1 rings (SSSR count). The first-order valence-corrected chi connectivity index (χ1v) is 6.09. The Kier molecular flexibility index (Phi) is 4.90. The summed E-state index contributed by atoms with van der Waals surface area (Å²) in [6, 6.07) is 0. The zero-order chi connectivity index (χ0) is 13.7. The molecule has 1 aromatic heterocycles. The number of aromatic amines is 1. The standard InChI is InChI=1S/C10H13N3O4S/c1-4-17-9(16)6(2)5-18-10-11-7(14)8(15)12-13(10)3/h2,4-5H2,1,3H3,(H,12,15). The van der Waals surface area contributed by atoms with Crippen LogP contribution in [0.25, 0.3) is 0 Å². The number of aryl methyl sites for hydroxylation is 1. The molecule has 0 radical (unpaired) electrons. The molecule has 0 bridgehead atoms. The number of hydrogen-bond donors (Lipinski definition) is 1. The number of thioether (sulfide) groups is 1. The number of H-pyrrole nitrogens is 1. The molecule has 1 heterocycles. The van der Waals surface area contributed by atoms with Crippen LogP contribution in [0.5, 0.6) is 0 Å². The Morgan fingerprint density at radius 3 is 2.83 bits per heavy atom. The Morgan fingerprint density at radius 1 is 1.56 bits per heavy atom. The molecule has 0 amide bonds. The zero-order valence-electron chi connectivity index (χ0n) is 10.1. The Bertz CT molecular complexity index is 575. The highest BCUT2D eigenvalue weighted by atomic mass is 32.2. The minimum atomic E-state index is -0.864. The predicted molar refractivity (Wildman–Crippen MR) is 66.6 cm³/mol. The minimum Gasteiger partial charge on any atom is -0.463 e. The average Bonchev–Trinajstić information content (AvgIpc) is 2.32. The van der Waals surface area contributed by atoms with Crippen molar-refractivity contribution >= 4 is 17.7 Å². The highest BCUT2D eigenvalue weighted by Gasteiger charge is 2.10. The summed E-state index contributed by atoms with van der Waals surface area (Å²) >= 11 is 1.11. The van der Waals surface area contributed by atoms with Crippen molar-refractivity contribution in [3.05, 3.63) is 32.9 Å². The number of nitrogens with one attached hydrogen (secondary N) is 1. The molecule has 0 unspecified atom stereocenters. The summed E-state index contributed by atoms with van der Waals surface area (Å²) in [7, 11) is 1.54. The van der Waals surface area contributed by atoms with E-state index in [1.54, 1.807) is 14.0 Å². The number of carbonyl (C=O) groups is 1. The number of carbonyl (C=O) groups excluding carboxylic acids is 1. The quantitative estimate of drug-likeness (QED) is 0.341. The molecule has 98 valence electrons. The van der Waals surface area contributed by atoms with Gasteiger partial charge in [-0.05, 0) is 6.92 Å². The first-order valence-electron chi connectivity index (χ1n) is 5.10. The van der Waals surface area contributed by atoms with Gasteiger partial charge in [0.1, 0.15) is 0 Å². The molecule has 1 aromatic rings. The van der Waals surface area contributed by atoms with Gasteiger partial charge in [0.2, 0.25) is 0 Å². The summed E-state index contributed by atoms with van der Waals surface area (Å²) in [6.07, 6.45) is 0. The molecule has 0 atom stereocenters. The molecule has 0 aliphatic heterocycles. The molecule has 1 N–H and O–H groups in total. The maximum atomic E-state index is 11.3. The molecule has 0 fully saturated rings. The topological polar surface area (TPSA) is 94.0 Å². The highest BCUT2D eigenvalue weighted by molar-refractivity contribution is 7.99. The van der Waals surface area contributed by atoms with Crippen molar-refractivity contribution < 1.29 is 9.53 Å². The van der Waals surface area contributed by atoms with Gasteiger partial charge in [-0.2, -0.15) is 4.98 Å². The van der Waals surface area contributed by atoms with Crippen LogP contribution in [0.1, 0.15) is 6.92 Å². The van der Waals surface area contributed by atoms with E-state index in [2.05, 4.69) is 16.7 Å². The average molecular weight is 271 g/mol. The second-order valence-corrected chi connectivity index (χ2v) is 4.25. The molecule has 0 spiro atoms. The summed E-state index contributed by atoms with van der Waals surface area (Å²) in [4.78, 5) is 36.9. The van der Waals surface area contributed by atoms with Gasteiger partial charge in [-0.1, -0.05) is 18.3 Å². The Hall–Kier alpha value is -1.83. The van der Waals surface area contributed by atoms with E-state index < -0.39 is 17.1 Å². The molecule has 0 aromatic carbocycles. The lowest BCUT2D eigenvalue weighted by atomic mass is 10.4. The van der Waals surface area contributed by atoms with Gasteiger partial charge in [-0.25, -0.2) is 4.79 Å². The SMILES string of the molecule is C=C(CSc1nc(=O)c(=O)[nH]n1C)C(=O)OCC. The Morgan fingerprint density at radius 2 is 2.22 bits per heavy atom. The van der Waals surface area contributed by atoms with Crippen LogP contribution in [0.2, 0.25) is 0 Å². The third kappa shape index (κ3) is 3.59. The number of rotatable bonds is 5. The molecule has 18 heavy (non-hydrogen) atoms. The molecule has 0 saturated carbocycles. The van der Waals surface area contributed by atoms with Crippen molar-refractivity contribution in [3.63, 3.8) is 0 Å². The molecular formula is C10H13N3O4S. The van der Waals surface area contributed by atoms with Crippen LogP contribution in [0.15, 0.2) is 26.9 Å². The number of hydrogen-bond acceptors (Lipinski definition) is 6. The van der Waals surface area contributed by atoms with E-state index in [1.165, 1.54) is 4.68 Å². The van der Waals surface area contributed by atoms with Gasteiger partial charge < -0.3 is 4.74 Å². The van der Waals surface area contributed by atoms with E-state index in [4.69, 9.17) is 4.74 Å². The van der Waals surface area contributed by atoms with Gasteiger partial charge >= 0.3 is 17.1 Å². The second kappa shape index (κ2) is 6.20. The maximum absolute atomic E-state index is 11.3. The van der Waals surface area contributed by atoms with Crippen LogP contribution in [-0.4, -0.2) is 33.1 Å². The summed E-state index contributed by atoms with van der Waals surface area (Å²) in [5, 5.41) is 2.60. The minimum absolute atomic E-state index is 0.227. The second-order valence-electron chi connectivity index (χ2n) is 3.31. The highest BCUT2D eigenvalue weighted by Crippen LogP contribution is 2.15. The van der Waals surface area contributed by atoms with Crippen LogP contribution in [0, 0.1) is 0 Å². The summed E-state index contributed by atoms with van der Waals surface area (Å²) < 4.78 is 6.08. The third-order valence-corrected chi connectivity index (χ3v) is 3.00. The number of ether oxygens (including phenoxy) is 1. The largest absolute Gasteiger partial charge is 0.463 e. The normalized spacial score (nSPS) is 10.1. The molecular weight excluding hydrogens is 258 g/mol. The van der Waals surface area contributed by atoms with Crippen molar-refractivity contribution in [1.29, 1.82) is 0 Å².